The van der Waals surface area contributed by atoms with E-state index in [2.05, 4.69) is 0 Å². The molecule has 0 bridgehead atoms. The molecule has 0 saturated carbocycles. The average molecular weight is 462 g/mol. The summed E-state index contributed by atoms with van der Waals surface area (Å²) in [4.78, 5) is -0.791. The Labute approximate surface area is 177 Å². The summed E-state index contributed by atoms with van der Waals surface area (Å²) in [6.07, 6.45) is -3.09. The van der Waals surface area contributed by atoms with Crippen molar-refractivity contribution in [1.29, 1.82) is 0 Å². The van der Waals surface area contributed by atoms with E-state index in [1.165, 1.54) is 0 Å². The molecule has 2 aromatic carbocycles. The highest BCUT2D eigenvalue weighted by atomic mass is 35.5. The van der Waals surface area contributed by atoms with Crippen molar-refractivity contribution in [2.45, 2.75) is 36.4 Å². The zero-order valence-corrected chi connectivity index (χ0v) is 17.4. The minimum Gasteiger partial charge on any atom is -0.490 e. The van der Waals surface area contributed by atoms with E-state index in [-0.39, 0.29) is 11.6 Å². The molecule has 30 heavy (non-hydrogen) atoms. The fourth-order valence-electron chi connectivity index (χ4n) is 3.82. The zero-order valence-electron chi connectivity index (χ0n) is 15.8. The first kappa shape index (κ1) is 21.3. The molecule has 1 fully saturated rings. The first-order valence-electron chi connectivity index (χ1n) is 9.46. The Kier molecular flexibility index (Phi) is 5.63. The maximum atomic E-state index is 13.5. The minimum absolute atomic E-state index is 0.126. The van der Waals surface area contributed by atoms with E-state index >= 15 is 0 Å². The van der Waals surface area contributed by atoms with Crippen LogP contribution in [0.4, 0.5) is 13.2 Å². The van der Waals surface area contributed by atoms with Crippen LogP contribution >= 0.6 is 11.6 Å². The van der Waals surface area contributed by atoms with Crippen LogP contribution in [0.25, 0.3) is 0 Å². The van der Waals surface area contributed by atoms with Crippen LogP contribution in [0, 0.1) is 0 Å². The molecular formula is C20H19ClF3NO4S. The average Bonchev–Trinajstić information content (AvgIpc) is 3.07. The van der Waals surface area contributed by atoms with Gasteiger partial charge in [-0.2, -0.15) is 17.5 Å². The van der Waals surface area contributed by atoms with Gasteiger partial charge in [0.15, 0.2) is 11.5 Å². The van der Waals surface area contributed by atoms with Crippen molar-refractivity contribution in [3.05, 3.63) is 52.5 Å². The number of rotatable bonds is 3. The second-order valence-electron chi connectivity index (χ2n) is 7.17. The van der Waals surface area contributed by atoms with Crippen LogP contribution < -0.4 is 9.47 Å². The molecule has 1 atom stereocenters. The lowest BCUT2D eigenvalue weighted by Crippen LogP contribution is -2.32. The van der Waals surface area contributed by atoms with Crippen molar-refractivity contribution >= 4 is 21.6 Å². The Morgan fingerprint density at radius 2 is 1.73 bits per heavy atom. The number of hydrogen-bond donors (Lipinski definition) is 0. The number of nitrogens with zero attached hydrogens (tertiary/aromatic N) is 1. The van der Waals surface area contributed by atoms with Crippen molar-refractivity contribution < 1.29 is 31.1 Å². The summed E-state index contributed by atoms with van der Waals surface area (Å²) in [5.41, 5.74) is -0.609. The molecule has 10 heteroatoms. The standard InChI is InChI=1S/C20H19ClF3NO4S/c21-14-5-7-19(15(12-14)20(22,23)24)30(26,27)25-8-1-3-16(25)13-4-6-17-18(11-13)29-10-2-9-28-17/h4-7,11-12,16H,1-3,8-10H2. The Bertz CT molecular complexity index is 1060. The van der Waals surface area contributed by atoms with Crippen LogP contribution in [-0.4, -0.2) is 32.5 Å². The molecule has 0 radical (unpaired) electrons. The molecule has 0 amide bonds. The summed E-state index contributed by atoms with van der Waals surface area (Å²) in [7, 11) is -4.41. The van der Waals surface area contributed by atoms with Crippen LogP contribution in [0.15, 0.2) is 41.3 Å². The summed E-state index contributed by atoms with van der Waals surface area (Å²) in [6, 6.07) is 7.29. The first-order chi connectivity index (χ1) is 14.2. The lowest BCUT2D eigenvalue weighted by molar-refractivity contribution is -0.139. The number of halogens is 4. The summed E-state index contributed by atoms with van der Waals surface area (Å²) in [5, 5.41) is -0.179. The maximum absolute atomic E-state index is 13.5. The van der Waals surface area contributed by atoms with Gasteiger partial charge in [-0.1, -0.05) is 17.7 Å². The van der Waals surface area contributed by atoms with Gasteiger partial charge in [0.25, 0.3) is 0 Å². The van der Waals surface area contributed by atoms with Gasteiger partial charge in [-0.3, -0.25) is 0 Å². The van der Waals surface area contributed by atoms with Gasteiger partial charge in [0.2, 0.25) is 10.0 Å². The molecule has 2 aliphatic rings. The summed E-state index contributed by atoms with van der Waals surface area (Å²) in [6.45, 7) is 1.12. The summed E-state index contributed by atoms with van der Waals surface area (Å²) >= 11 is 5.70. The second kappa shape index (κ2) is 7.94. The van der Waals surface area contributed by atoms with E-state index in [4.69, 9.17) is 21.1 Å². The van der Waals surface area contributed by atoms with Gasteiger partial charge in [-0.05, 0) is 48.7 Å². The molecule has 162 valence electrons. The highest BCUT2D eigenvalue weighted by Gasteiger charge is 2.43. The molecule has 0 N–H and O–H groups in total. The highest BCUT2D eigenvalue weighted by Crippen LogP contribution is 2.43. The Balaban J connectivity index is 1.73. The third-order valence-electron chi connectivity index (χ3n) is 5.19. The van der Waals surface area contributed by atoms with Crippen LogP contribution in [0.5, 0.6) is 11.5 Å². The lowest BCUT2D eigenvalue weighted by atomic mass is 10.0. The normalized spacial score (nSPS) is 20.2. The third kappa shape index (κ3) is 3.98. The summed E-state index contributed by atoms with van der Waals surface area (Å²) < 4.78 is 79.5. The van der Waals surface area contributed by atoms with Gasteiger partial charge in [0.1, 0.15) is 0 Å². The van der Waals surface area contributed by atoms with E-state index in [0.717, 1.165) is 22.9 Å². The smallest absolute Gasteiger partial charge is 0.417 e. The summed E-state index contributed by atoms with van der Waals surface area (Å²) in [5.74, 6) is 1.08. The molecule has 4 rings (SSSR count). The van der Waals surface area contributed by atoms with Crippen LogP contribution in [0.2, 0.25) is 5.02 Å². The third-order valence-corrected chi connectivity index (χ3v) is 7.40. The van der Waals surface area contributed by atoms with Crippen LogP contribution in [-0.2, 0) is 16.2 Å². The molecule has 0 aliphatic carbocycles. The quantitative estimate of drug-likeness (QED) is 0.642. The molecule has 2 aromatic rings. The SMILES string of the molecule is O=S(=O)(c1ccc(Cl)cc1C(F)(F)F)N1CCCC1c1ccc2c(c1)OCCCO2. The number of hydrogen-bond acceptors (Lipinski definition) is 4. The van der Waals surface area contributed by atoms with E-state index in [0.29, 0.717) is 49.2 Å². The van der Waals surface area contributed by atoms with Crippen molar-refractivity contribution in [2.75, 3.05) is 19.8 Å². The molecule has 0 aromatic heterocycles. The molecule has 2 heterocycles. The second-order valence-corrected chi connectivity index (χ2v) is 9.46. The molecule has 0 spiro atoms. The largest absolute Gasteiger partial charge is 0.490 e. The van der Waals surface area contributed by atoms with Gasteiger partial charge in [0, 0.05) is 18.0 Å². The first-order valence-corrected chi connectivity index (χ1v) is 11.3. The van der Waals surface area contributed by atoms with Crippen LogP contribution in [0.1, 0.15) is 36.4 Å². The molecule has 1 saturated heterocycles. The number of alkyl halides is 3. The Hall–Kier alpha value is -1.97. The van der Waals surface area contributed by atoms with Gasteiger partial charge in [-0.25, -0.2) is 8.42 Å². The van der Waals surface area contributed by atoms with Crippen molar-refractivity contribution in [3.8, 4) is 11.5 Å². The number of sulfonamides is 1. The number of benzene rings is 2. The van der Waals surface area contributed by atoms with E-state index in [1.54, 1.807) is 18.2 Å². The van der Waals surface area contributed by atoms with E-state index < -0.39 is 32.7 Å². The Morgan fingerprint density at radius 1 is 1.00 bits per heavy atom. The predicted molar refractivity (Wildman–Crippen MR) is 104 cm³/mol. The number of fused-ring (bicyclic) bond motifs is 1. The lowest BCUT2D eigenvalue weighted by Gasteiger charge is -2.26. The maximum Gasteiger partial charge on any atom is 0.417 e. The van der Waals surface area contributed by atoms with E-state index in [1.807, 2.05) is 0 Å². The number of ether oxygens (including phenoxy) is 2. The van der Waals surface area contributed by atoms with E-state index in [9.17, 15) is 21.6 Å². The van der Waals surface area contributed by atoms with Gasteiger partial charge >= 0.3 is 6.18 Å². The van der Waals surface area contributed by atoms with Crippen molar-refractivity contribution in [2.24, 2.45) is 0 Å². The molecule has 2 aliphatic heterocycles. The zero-order chi connectivity index (χ0) is 21.5. The fourth-order valence-corrected chi connectivity index (χ4v) is 5.87. The van der Waals surface area contributed by atoms with Gasteiger partial charge in [-0.15, -0.1) is 0 Å². The van der Waals surface area contributed by atoms with Crippen molar-refractivity contribution in [1.82, 2.24) is 4.31 Å². The predicted octanol–water partition coefficient (Wildman–Crippen LogP) is 5.05. The fraction of sp³-hybridized carbons (Fsp3) is 0.400. The topological polar surface area (TPSA) is 55.8 Å². The molecule has 5 nitrogen and oxygen atoms in total. The molecule has 1 unspecified atom stereocenters. The van der Waals surface area contributed by atoms with Crippen LogP contribution in [0.3, 0.4) is 0 Å². The van der Waals surface area contributed by atoms with Gasteiger partial charge in [0.05, 0.1) is 29.7 Å². The molecular weight excluding hydrogens is 443 g/mol. The highest BCUT2D eigenvalue weighted by molar-refractivity contribution is 7.89. The van der Waals surface area contributed by atoms with Gasteiger partial charge < -0.3 is 9.47 Å². The minimum atomic E-state index is -4.85. The Morgan fingerprint density at radius 3 is 2.47 bits per heavy atom. The van der Waals surface area contributed by atoms with Crippen molar-refractivity contribution in [3.63, 3.8) is 0 Å². The monoisotopic (exact) mass is 461 g/mol.